The molecule has 28 heavy (non-hydrogen) atoms. The molecule has 1 aromatic carbocycles. The summed E-state index contributed by atoms with van der Waals surface area (Å²) in [7, 11) is 0. The first-order chi connectivity index (χ1) is 13.3. The highest BCUT2D eigenvalue weighted by Crippen LogP contribution is 2.19. The molecular formula is C21H31IN6. The average Bonchev–Trinajstić information content (AvgIpc) is 3.22. The molecule has 0 radical (unpaired) electrons. The van der Waals surface area contributed by atoms with Crippen molar-refractivity contribution in [2.24, 2.45) is 4.99 Å². The fourth-order valence-electron chi connectivity index (χ4n) is 3.29. The molecule has 0 saturated carbocycles. The molecule has 1 aliphatic heterocycles. The Kier molecular flexibility index (Phi) is 10.0. The zero-order chi connectivity index (χ0) is 18.7. The Hall–Kier alpha value is -1.90. The van der Waals surface area contributed by atoms with Gasteiger partial charge < -0.3 is 14.8 Å². The van der Waals surface area contributed by atoms with Crippen LogP contribution >= 0.6 is 24.0 Å². The largest absolute Gasteiger partial charge is 0.357 e. The van der Waals surface area contributed by atoms with Crippen LogP contribution in [0.5, 0.6) is 0 Å². The molecule has 1 N–H and O–H groups in total. The van der Waals surface area contributed by atoms with Crippen molar-refractivity contribution in [1.29, 1.82) is 0 Å². The van der Waals surface area contributed by atoms with Crippen LogP contribution in [0.4, 0.5) is 0 Å². The monoisotopic (exact) mass is 494 g/mol. The predicted molar refractivity (Wildman–Crippen MR) is 126 cm³/mol. The maximum Gasteiger partial charge on any atom is 0.193 e. The van der Waals surface area contributed by atoms with Gasteiger partial charge in [0.15, 0.2) is 5.96 Å². The summed E-state index contributed by atoms with van der Waals surface area (Å²) in [5, 5.41) is 11.1. The van der Waals surface area contributed by atoms with Gasteiger partial charge in [-0.2, -0.15) is 0 Å². The van der Waals surface area contributed by atoms with Gasteiger partial charge in [0.2, 0.25) is 0 Å². The number of nitrogens with zero attached hydrogens (tertiary/aromatic N) is 5. The van der Waals surface area contributed by atoms with Crippen LogP contribution in [0.15, 0.2) is 53.6 Å². The first kappa shape index (κ1) is 22.4. The van der Waals surface area contributed by atoms with Crippen LogP contribution in [-0.4, -0.2) is 51.8 Å². The molecule has 1 fully saturated rings. The zero-order valence-electron chi connectivity index (χ0n) is 16.6. The van der Waals surface area contributed by atoms with Crippen molar-refractivity contribution in [3.05, 3.63) is 54.1 Å². The number of benzene rings is 1. The van der Waals surface area contributed by atoms with Crippen LogP contribution in [-0.2, 0) is 6.54 Å². The van der Waals surface area contributed by atoms with Crippen molar-refractivity contribution in [3.63, 3.8) is 0 Å². The Bertz CT molecular complexity index is 717. The number of nitrogens with one attached hydrogen (secondary N) is 1. The van der Waals surface area contributed by atoms with E-state index in [0.29, 0.717) is 0 Å². The Labute approximate surface area is 185 Å². The number of hydrogen-bond donors (Lipinski definition) is 1. The lowest BCUT2D eigenvalue weighted by atomic mass is 10.0. The minimum atomic E-state index is 0. The van der Waals surface area contributed by atoms with Gasteiger partial charge in [0.05, 0.1) is 0 Å². The van der Waals surface area contributed by atoms with Gasteiger partial charge in [0, 0.05) is 32.7 Å². The second kappa shape index (κ2) is 12.5. The second-order valence-corrected chi connectivity index (χ2v) is 6.84. The van der Waals surface area contributed by atoms with E-state index in [0.717, 1.165) is 64.4 Å². The Morgan fingerprint density at radius 3 is 2.50 bits per heavy atom. The van der Waals surface area contributed by atoms with Crippen molar-refractivity contribution in [2.75, 3.05) is 26.2 Å². The predicted octanol–water partition coefficient (Wildman–Crippen LogP) is 3.82. The number of unbranched alkanes of at least 4 members (excludes halogenated alkanes) is 1. The number of rotatable bonds is 7. The number of hydrogen-bond acceptors (Lipinski definition) is 3. The van der Waals surface area contributed by atoms with Crippen LogP contribution < -0.4 is 5.32 Å². The summed E-state index contributed by atoms with van der Waals surface area (Å²) < 4.78 is 2.01. The summed E-state index contributed by atoms with van der Waals surface area (Å²) in [5.41, 5.74) is 2.83. The lowest BCUT2D eigenvalue weighted by molar-refractivity contribution is 0.375. The van der Waals surface area contributed by atoms with Gasteiger partial charge in [-0.05, 0) is 38.2 Å². The molecule has 152 valence electrons. The SMILES string of the molecule is CCNC(=NCCCCn1cnnc1)N1CCC(=Cc2ccccc2)CC1.I. The Balaban J connectivity index is 0.00000280. The molecule has 1 aliphatic rings. The van der Waals surface area contributed by atoms with Crippen molar-refractivity contribution in [3.8, 4) is 0 Å². The molecule has 0 amide bonds. The third-order valence-corrected chi connectivity index (χ3v) is 4.76. The first-order valence-electron chi connectivity index (χ1n) is 9.95. The lowest BCUT2D eigenvalue weighted by Crippen LogP contribution is -2.44. The molecule has 0 unspecified atom stereocenters. The Morgan fingerprint density at radius 2 is 1.82 bits per heavy atom. The molecule has 0 spiro atoms. The normalized spacial score (nSPS) is 14.5. The van der Waals surface area contributed by atoms with Crippen LogP contribution in [0.25, 0.3) is 6.08 Å². The van der Waals surface area contributed by atoms with Crippen LogP contribution in [0.3, 0.4) is 0 Å². The standard InChI is InChI=1S/C21H30N6.HI/c1-2-22-21(23-12-6-7-13-26-17-24-25-18-26)27-14-10-20(11-15-27)16-19-8-4-3-5-9-19;/h3-5,8-9,16-18H,2,6-7,10-15H2,1H3,(H,22,23);1H. The topological polar surface area (TPSA) is 58.3 Å². The second-order valence-electron chi connectivity index (χ2n) is 6.84. The minimum Gasteiger partial charge on any atom is -0.357 e. The Morgan fingerprint density at radius 1 is 1.11 bits per heavy atom. The minimum absolute atomic E-state index is 0. The quantitative estimate of drug-likeness (QED) is 0.275. The number of halogens is 1. The van der Waals surface area contributed by atoms with Gasteiger partial charge >= 0.3 is 0 Å². The molecule has 2 heterocycles. The lowest BCUT2D eigenvalue weighted by Gasteiger charge is -2.31. The van der Waals surface area contributed by atoms with E-state index < -0.39 is 0 Å². The van der Waals surface area contributed by atoms with Crippen LogP contribution in [0.2, 0.25) is 0 Å². The smallest absolute Gasteiger partial charge is 0.193 e. The number of aromatic nitrogens is 3. The van der Waals surface area contributed by atoms with Crippen molar-refractivity contribution >= 4 is 36.0 Å². The summed E-state index contributed by atoms with van der Waals surface area (Å²) in [4.78, 5) is 7.23. The highest BCUT2D eigenvalue weighted by molar-refractivity contribution is 14.0. The highest BCUT2D eigenvalue weighted by Gasteiger charge is 2.17. The van der Waals surface area contributed by atoms with E-state index in [1.807, 2.05) is 4.57 Å². The highest BCUT2D eigenvalue weighted by atomic mass is 127. The van der Waals surface area contributed by atoms with E-state index in [2.05, 4.69) is 63.7 Å². The third-order valence-electron chi connectivity index (χ3n) is 4.76. The van der Waals surface area contributed by atoms with Gasteiger partial charge in [-0.3, -0.25) is 4.99 Å². The summed E-state index contributed by atoms with van der Waals surface area (Å²) in [6, 6.07) is 10.6. The van der Waals surface area contributed by atoms with E-state index in [9.17, 15) is 0 Å². The number of likely N-dealkylation sites (tertiary alicyclic amines) is 1. The van der Waals surface area contributed by atoms with E-state index in [1.165, 1.54) is 11.1 Å². The van der Waals surface area contributed by atoms with Crippen molar-refractivity contribution in [2.45, 2.75) is 39.2 Å². The number of guanidine groups is 1. The van der Waals surface area contributed by atoms with Crippen LogP contribution in [0.1, 0.15) is 38.2 Å². The molecule has 6 nitrogen and oxygen atoms in total. The van der Waals surface area contributed by atoms with E-state index >= 15 is 0 Å². The summed E-state index contributed by atoms with van der Waals surface area (Å²) in [5.74, 6) is 1.06. The van der Waals surface area contributed by atoms with Crippen molar-refractivity contribution < 1.29 is 0 Å². The molecule has 2 aromatic rings. The van der Waals surface area contributed by atoms with Crippen molar-refractivity contribution in [1.82, 2.24) is 25.0 Å². The summed E-state index contributed by atoms with van der Waals surface area (Å²) in [6.07, 6.45) is 10.2. The molecule has 1 saturated heterocycles. The van der Waals surface area contributed by atoms with Gasteiger partial charge in [-0.15, -0.1) is 34.2 Å². The van der Waals surface area contributed by atoms with Gasteiger partial charge in [-0.1, -0.05) is 42.0 Å². The van der Waals surface area contributed by atoms with Gasteiger partial charge in [0.1, 0.15) is 12.7 Å². The summed E-state index contributed by atoms with van der Waals surface area (Å²) in [6.45, 7) is 6.91. The molecule has 1 aromatic heterocycles. The van der Waals surface area contributed by atoms with Gasteiger partial charge in [-0.25, -0.2) is 0 Å². The number of piperidine rings is 1. The average molecular weight is 494 g/mol. The first-order valence-corrected chi connectivity index (χ1v) is 9.95. The molecule has 3 rings (SSSR count). The van der Waals surface area contributed by atoms with E-state index in [-0.39, 0.29) is 24.0 Å². The molecule has 0 aliphatic carbocycles. The van der Waals surface area contributed by atoms with Crippen LogP contribution in [0, 0.1) is 0 Å². The maximum absolute atomic E-state index is 4.84. The number of aliphatic imine (C=N–C) groups is 1. The number of aryl methyl sites for hydroxylation is 1. The fraction of sp³-hybridized carbons (Fsp3) is 0.476. The van der Waals surface area contributed by atoms with E-state index in [4.69, 9.17) is 4.99 Å². The summed E-state index contributed by atoms with van der Waals surface area (Å²) >= 11 is 0. The molecule has 0 atom stereocenters. The fourth-order valence-corrected chi connectivity index (χ4v) is 3.29. The van der Waals surface area contributed by atoms with E-state index in [1.54, 1.807) is 12.7 Å². The van der Waals surface area contributed by atoms with Gasteiger partial charge in [0.25, 0.3) is 0 Å². The zero-order valence-corrected chi connectivity index (χ0v) is 19.0. The molecule has 7 heteroatoms. The molecule has 0 bridgehead atoms. The molecular weight excluding hydrogens is 463 g/mol. The maximum atomic E-state index is 4.84. The third kappa shape index (κ3) is 7.26.